The predicted molar refractivity (Wildman–Crippen MR) is 154 cm³/mol. The lowest BCUT2D eigenvalue weighted by Gasteiger charge is -2.18. The van der Waals surface area contributed by atoms with E-state index in [4.69, 9.17) is 0 Å². The molecule has 0 spiro atoms. The standard InChI is InChI=1S/C17H24N2O4.C14H18N2O4/c1-12(2)13-11-16(22)19(17(13)23)10-6-4-3-5-9-18-14(20)7-8-15(18)21;1-9(2)10-8-13(19)16(14(10)20)7-3-6-15-11(17)4-5-12(15)18/h7-8,12-13H,3-6,9-11H2,1-2H3;4-5,9-10H,3,6-8H2,1-2H3. The fourth-order valence-corrected chi connectivity index (χ4v) is 5.51. The monoisotopic (exact) mass is 598 g/mol. The number of nitrogens with zero attached hydrogens (tertiary/aromatic N) is 4. The Bertz CT molecular complexity index is 1180. The summed E-state index contributed by atoms with van der Waals surface area (Å²) in [6.45, 7) is 9.18. The van der Waals surface area contributed by atoms with Gasteiger partial charge >= 0.3 is 0 Å². The largest absolute Gasteiger partial charge is 0.282 e. The number of hydrogen-bond donors (Lipinski definition) is 0. The van der Waals surface area contributed by atoms with Gasteiger partial charge in [-0.15, -0.1) is 0 Å². The number of carbonyl (C=O) groups is 8. The molecule has 0 N–H and O–H groups in total. The molecule has 0 saturated carbocycles. The molecule has 4 aliphatic heterocycles. The molecule has 4 heterocycles. The van der Waals surface area contributed by atoms with Gasteiger partial charge in [0.2, 0.25) is 23.6 Å². The SMILES string of the molecule is CC(C)C1CC(=O)N(CCCCCCN2C(=O)C=CC2=O)C1=O.CC(C)C1CC(=O)N(CCCN2C(=O)C=CC2=O)C1=O. The summed E-state index contributed by atoms with van der Waals surface area (Å²) in [4.78, 5) is 98.3. The highest BCUT2D eigenvalue weighted by molar-refractivity contribution is 6.13. The van der Waals surface area contributed by atoms with E-state index in [2.05, 4.69) is 0 Å². The van der Waals surface area contributed by atoms with Crippen molar-refractivity contribution in [2.45, 2.75) is 72.6 Å². The molecule has 4 rings (SSSR count). The molecule has 2 fully saturated rings. The smallest absolute Gasteiger partial charge is 0.253 e. The zero-order valence-corrected chi connectivity index (χ0v) is 25.5. The molecule has 2 saturated heterocycles. The quantitative estimate of drug-likeness (QED) is 0.230. The van der Waals surface area contributed by atoms with E-state index in [-0.39, 0.29) is 90.4 Å². The van der Waals surface area contributed by atoms with Crippen LogP contribution in [0.5, 0.6) is 0 Å². The number of imide groups is 4. The van der Waals surface area contributed by atoms with Gasteiger partial charge < -0.3 is 0 Å². The Hall–Kier alpha value is -3.96. The molecule has 2 atom stereocenters. The first-order valence-electron chi connectivity index (χ1n) is 15.1. The third kappa shape index (κ3) is 8.32. The molecule has 0 aromatic carbocycles. The molecular formula is C31H42N4O8. The fourth-order valence-electron chi connectivity index (χ4n) is 5.51. The molecule has 0 aromatic rings. The summed E-state index contributed by atoms with van der Waals surface area (Å²) in [5.41, 5.74) is 0. The summed E-state index contributed by atoms with van der Waals surface area (Å²) >= 11 is 0. The maximum Gasteiger partial charge on any atom is 0.253 e. The van der Waals surface area contributed by atoms with Crippen molar-refractivity contribution in [2.75, 3.05) is 26.2 Å². The van der Waals surface area contributed by atoms with Crippen LogP contribution < -0.4 is 0 Å². The molecule has 0 aromatic heterocycles. The number of unbranched alkanes of at least 4 members (excludes halogenated alkanes) is 3. The van der Waals surface area contributed by atoms with Crippen LogP contribution in [0.3, 0.4) is 0 Å². The molecule has 0 radical (unpaired) electrons. The van der Waals surface area contributed by atoms with E-state index >= 15 is 0 Å². The van der Waals surface area contributed by atoms with Crippen molar-refractivity contribution in [2.24, 2.45) is 23.7 Å². The van der Waals surface area contributed by atoms with E-state index < -0.39 is 0 Å². The van der Waals surface area contributed by atoms with E-state index in [9.17, 15) is 38.4 Å². The maximum absolute atomic E-state index is 12.1. The zero-order chi connectivity index (χ0) is 31.8. The second kappa shape index (κ2) is 15.0. The minimum atomic E-state index is -0.339. The summed E-state index contributed by atoms with van der Waals surface area (Å²) in [5.74, 6) is -1.64. The fraction of sp³-hybridized carbons (Fsp3) is 0.613. The van der Waals surface area contributed by atoms with Crippen LogP contribution in [-0.2, 0) is 38.4 Å². The Labute approximate surface area is 252 Å². The number of carbonyl (C=O) groups excluding carboxylic acids is 8. The van der Waals surface area contributed by atoms with Gasteiger partial charge in [0.15, 0.2) is 0 Å². The van der Waals surface area contributed by atoms with Gasteiger partial charge in [0.1, 0.15) is 0 Å². The van der Waals surface area contributed by atoms with E-state index in [1.54, 1.807) is 0 Å². The Morgan fingerprint density at radius 2 is 0.791 bits per heavy atom. The van der Waals surface area contributed by atoms with Crippen LogP contribution in [0.25, 0.3) is 0 Å². The van der Waals surface area contributed by atoms with Gasteiger partial charge in [-0.1, -0.05) is 40.5 Å². The molecule has 2 unspecified atom stereocenters. The van der Waals surface area contributed by atoms with Crippen LogP contribution in [0.15, 0.2) is 24.3 Å². The summed E-state index contributed by atoms with van der Waals surface area (Å²) in [6.07, 6.45) is 9.29. The van der Waals surface area contributed by atoms with Crippen LogP contribution in [0.2, 0.25) is 0 Å². The summed E-state index contributed by atoms with van der Waals surface area (Å²) in [5, 5.41) is 0. The number of likely N-dealkylation sites (tertiary alicyclic amines) is 2. The molecular weight excluding hydrogens is 556 g/mol. The van der Waals surface area contributed by atoms with Crippen molar-refractivity contribution in [3.8, 4) is 0 Å². The molecule has 12 nitrogen and oxygen atoms in total. The lowest BCUT2D eigenvalue weighted by Crippen LogP contribution is -2.36. The summed E-state index contributed by atoms with van der Waals surface area (Å²) < 4.78 is 0. The van der Waals surface area contributed by atoms with E-state index in [0.717, 1.165) is 30.6 Å². The molecule has 234 valence electrons. The molecule has 12 heteroatoms. The molecule has 4 aliphatic rings. The van der Waals surface area contributed by atoms with Crippen molar-refractivity contribution in [3.05, 3.63) is 24.3 Å². The molecule has 8 amide bonds. The number of hydrogen-bond acceptors (Lipinski definition) is 8. The first-order chi connectivity index (χ1) is 20.3. The van der Waals surface area contributed by atoms with Gasteiger partial charge in [-0.25, -0.2) is 0 Å². The highest BCUT2D eigenvalue weighted by Crippen LogP contribution is 2.27. The summed E-state index contributed by atoms with van der Waals surface area (Å²) in [6, 6.07) is 0. The van der Waals surface area contributed by atoms with Crippen LogP contribution in [0.1, 0.15) is 72.6 Å². The van der Waals surface area contributed by atoms with Crippen molar-refractivity contribution in [3.63, 3.8) is 0 Å². The predicted octanol–water partition coefficient (Wildman–Crippen LogP) is 1.84. The average Bonchev–Trinajstić information content (AvgIpc) is 3.63. The number of amides is 8. The van der Waals surface area contributed by atoms with Crippen molar-refractivity contribution >= 4 is 47.3 Å². The van der Waals surface area contributed by atoms with Crippen LogP contribution in [-0.4, -0.2) is 93.0 Å². The van der Waals surface area contributed by atoms with Gasteiger partial charge in [0, 0.05) is 75.2 Å². The highest BCUT2D eigenvalue weighted by Gasteiger charge is 2.40. The Morgan fingerprint density at radius 1 is 0.488 bits per heavy atom. The van der Waals surface area contributed by atoms with Gasteiger partial charge in [0.25, 0.3) is 23.6 Å². The Kier molecular flexibility index (Phi) is 11.7. The molecule has 0 aliphatic carbocycles. The number of rotatable bonds is 13. The van der Waals surface area contributed by atoms with Gasteiger partial charge in [0.05, 0.1) is 0 Å². The second-order valence-corrected chi connectivity index (χ2v) is 12.0. The van der Waals surface area contributed by atoms with Gasteiger partial charge in [-0.3, -0.25) is 58.0 Å². The molecule has 0 bridgehead atoms. The van der Waals surface area contributed by atoms with Crippen LogP contribution >= 0.6 is 0 Å². The van der Waals surface area contributed by atoms with Gasteiger partial charge in [-0.2, -0.15) is 0 Å². The van der Waals surface area contributed by atoms with E-state index in [1.807, 2.05) is 27.7 Å². The minimum Gasteiger partial charge on any atom is -0.282 e. The van der Waals surface area contributed by atoms with E-state index in [0.29, 0.717) is 25.9 Å². The van der Waals surface area contributed by atoms with Gasteiger partial charge in [-0.05, 0) is 31.1 Å². The first kappa shape index (κ1) is 33.5. The third-order valence-electron chi connectivity index (χ3n) is 8.25. The Balaban J connectivity index is 0.000000238. The average molecular weight is 599 g/mol. The normalized spacial score (nSPS) is 22.1. The van der Waals surface area contributed by atoms with E-state index in [1.165, 1.54) is 39.0 Å². The zero-order valence-electron chi connectivity index (χ0n) is 25.5. The second-order valence-electron chi connectivity index (χ2n) is 12.0. The lowest BCUT2D eigenvalue weighted by molar-refractivity contribution is -0.141. The van der Waals surface area contributed by atoms with Crippen LogP contribution in [0, 0.1) is 23.7 Å². The van der Waals surface area contributed by atoms with Crippen molar-refractivity contribution in [1.29, 1.82) is 0 Å². The minimum absolute atomic E-state index is 0.0377. The van der Waals surface area contributed by atoms with Crippen LogP contribution in [0.4, 0.5) is 0 Å². The molecule has 43 heavy (non-hydrogen) atoms. The maximum atomic E-state index is 12.1. The summed E-state index contributed by atoms with van der Waals surface area (Å²) in [7, 11) is 0. The third-order valence-corrected chi connectivity index (χ3v) is 8.25. The topological polar surface area (TPSA) is 150 Å². The van der Waals surface area contributed by atoms with Crippen molar-refractivity contribution < 1.29 is 38.4 Å². The Morgan fingerprint density at radius 3 is 1.12 bits per heavy atom. The highest BCUT2D eigenvalue weighted by atomic mass is 16.2. The first-order valence-corrected chi connectivity index (χ1v) is 15.1. The van der Waals surface area contributed by atoms with Crippen molar-refractivity contribution in [1.82, 2.24) is 19.6 Å². The lowest BCUT2D eigenvalue weighted by atomic mass is 9.94.